The molecule has 0 spiro atoms. The molecule has 0 aliphatic rings. The first-order chi connectivity index (χ1) is 7.70. The van der Waals surface area contributed by atoms with Crippen molar-refractivity contribution >= 4 is 17.2 Å². The van der Waals surface area contributed by atoms with Crippen molar-refractivity contribution in [2.75, 3.05) is 13.2 Å². The molecule has 0 atom stereocenters. The van der Waals surface area contributed by atoms with Crippen LogP contribution in [-0.4, -0.2) is 33.2 Å². The van der Waals surface area contributed by atoms with Gasteiger partial charge in [-0.05, 0) is 13.3 Å². The largest absolute Gasteiger partial charge is 0.388 e. The molecule has 0 saturated carbocycles. The summed E-state index contributed by atoms with van der Waals surface area (Å²) in [5, 5.41) is 8.05. The third-order valence-corrected chi connectivity index (χ3v) is 2.40. The van der Waals surface area contributed by atoms with Crippen LogP contribution in [0.25, 0.3) is 0 Å². The van der Waals surface area contributed by atoms with E-state index in [9.17, 15) is 0 Å². The van der Waals surface area contributed by atoms with Crippen molar-refractivity contribution < 1.29 is 4.74 Å². The van der Waals surface area contributed by atoms with Crippen LogP contribution in [0.2, 0.25) is 0 Å². The number of rotatable bonds is 7. The molecule has 0 amide bonds. The van der Waals surface area contributed by atoms with Crippen LogP contribution in [0, 0.1) is 0 Å². The summed E-state index contributed by atoms with van der Waals surface area (Å²) in [6.45, 7) is 6.10. The number of hydrogen-bond donors (Lipinski definition) is 1. The minimum Gasteiger partial charge on any atom is -0.388 e. The van der Waals surface area contributed by atoms with E-state index in [0.29, 0.717) is 30.4 Å². The average Bonchev–Trinajstić information content (AvgIpc) is 2.63. The Balaban J connectivity index is 2.78. The lowest BCUT2D eigenvalue weighted by Gasteiger charge is -2.06. The lowest BCUT2D eigenvalue weighted by atomic mass is 10.2. The van der Waals surface area contributed by atoms with Gasteiger partial charge in [0.25, 0.3) is 0 Å². The second kappa shape index (κ2) is 6.55. The summed E-state index contributed by atoms with van der Waals surface area (Å²) in [7, 11) is 0. The van der Waals surface area contributed by atoms with Crippen LogP contribution in [0.1, 0.15) is 31.7 Å². The molecule has 90 valence electrons. The Morgan fingerprint density at radius 1 is 1.50 bits per heavy atom. The van der Waals surface area contributed by atoms with Crippen LogP contribution in [0.4, 0.5) is 0 Å². The van der Waals surface area contributed by atoms with Crippen molar-refractivity contribution in [2.45, 2.75) is 33.2 Å². The quantitative estimate of drug-likeness (QED) is 0.568. The van der Waals surface area contributed by atoms with Crippen molar-refractivity contribution in [3.05, 3.63) is 11.4 Å². The predicted octanol–water partition coefficient (Wildman–Crippen LogP) is 0.901. The minimum absolute atomic E-state index is 0.311. The van der Waals surface area contributed by atoms with E-state index < -0.39 is 0 Å². The molecular formula is C10H18N4OS. The Bertz CT molecular complexity index is 351. The fraction of sp³-hybridized carbons (Fsp3) is 0.700. The highest BCUT2D eigenvalue weighted by Gasteiger charge is 2.13. The smallest absolute Gasteiger partial charge is 0.143 e. The molecular weight excluding hydrogens is 224 g/mol. The summed E-state index contributed by atoms with van der Waals surface area (Å²) < 4.78 is 7.11. The van der Waals surface area contributed by atoms with Gasteiger partial charge < -0.3 is 10.5 Å². The SMILES string of the molecule is CCCc1c(C(N)=S)nnn1CCOCC. The van der Waals surface area contributed by atoms with Gasteiger partial charge in [-0.2, -0.15) is 0 Å². The van der Waals surface area contributed by atoms with Gasteiger partial charge in [-0.15, -0.1) is 5.10 Å². The maximum absolute atomic E-state index is 5.60. The van der Waals surface area contributed by atoms with E-state index in [1.54, 1.807) is 0 Å². The zero-order valence-corrected chi connectivity index (χ0v) is 10.6. The topological polar surface area (TPSA) is 66.0 Å². The minimum atomic E-state index is 0.311. The molecule has 0 bridgehead atoms. The summed E-state index contributed by atoms with van der Waals surface area (Å²) in [4.78, 5) is 0.311. The Morgan fingerprint density at radius 3 is 2.81 bits per heavy atom. The third-order valence-electron chi connectivity index (χ3n) is 2.21. The van der Waals surface area contributed by atoms with E-state index >= 15 is 0 Å². The van der Waals surface area contributed by atoms with Gasteiger partial charge in [0.15, 0.2) is 0 Å². The molecule has 16 heavy (non-hydrogen) atoms. The Labute approximate surface area is 101 Å². The zero-order valence-electron chi connectivity index (χ0n) is 9.77. The molecule has 6 heteroatoms. The van der Waals surface area contributed by atoms with Gasteiger partial charge >= 0.3 is 0 Å². The molecule has 0 radical (unpaired) electrons. The van der Waals surface area contributed by atoms with Gasteiger partial charge in [0.1, 0.15) is 10.7 Å². The van der Waals surface area contributed by atoms with E-state index in [0.717, 1.165) is 18.5 Å². The lowest BCUT2D eigenvalue weighted by molar-refractivity contribution is 0.135. The van der Waals surface area contributed by atoms with Gasteiger partial charge in [0, 0.05) is 6.61 Å². The number of ether oxygens (including phenoxy) is 1. The molecule has 0 aliphatic carbocycles. The molecule has 2 N–H and O–H groups in total. The molecule has 1 heterocycles. The number of nitrogens with two attached hydrogens (primary N) is 1. The molecule has 1 rings (SSSR count). The number of hydrogen-bond acceptors (Lipinski definition) is 4. The van der Waals surface area contributed by atoms with E-state index in [-0.39, 0.29) is 0 Å². The second-order valence-electron chi connectivity index (χ2n) is 3.42. The number of thiocarbonyl (C=S) groups is 1. The van der Waals surface area contributed by atoms with Crippen LogP contribution in [0.3, 0.4) is 0 Å². The molecule has 1 aromatic rings. The normalized spacial score (nSPS) is 10.6. The first-order valence-electron chi connectivity index (χ1n) is 5.50. The molecule has 0 unspecified atom stereocenters. The average molecular weight is 242 g/mol. The van der Waals surface area contributed by atoms with Crippen LogP contribution < -0.4 is 5.73 Å². The number of aromatic nitrogens is 3. The highest BCUT2D eigenvalue weighted by Crippen LogP contribution is 2.08. The van der Waals surface area contributed by atoms with Crippen molar-refractivity contribution in [2.24, 2.45) is 5.73 Å². The summed E-state index contributed by atoms with van der Waals surface area (Å²) in [5.41, 5.74) is 7.25. The Morgan fingerprint density at radius 2 is 2.25 bits per heavy atom. The van der Waals surface area contributed by atoms with E-state index in [4.69, 9.17) is 22.7 Å². The Hall–Kier alpha value is -1.01. The maximum Gasteiger partial charge on any atom is 0.143 e. The van der Waals surface area contributed by atoms with Crippen LogP contribution in [0.5, 0.6) is 0 Å². The summed E-state index contributed by atoms with van der Waals surface area (Å²) in [5.74, 6) is 0. The van der Waals surface area contributed by atoms with E-state index in [1.807, 2.05) is 11.6 Å². The van der Waals surface area contributed by atoms with Gasteiger partial charge in [-0.1, -0.05) is 30.8 Å². The van der Waals surface area contributed by atoms with Gasteiger partial charge in [0.05, 0.1) is 18.8 Å². The fourth-order valence-electron chi connectivity index (χ4n) is 1.48. The van der Waals surface area contributed by atoms with Crippen LogP contribution >= 0.6 is 12.2 Å². The molecule has 0 fully saturated rings. The van der Waals surface area contributed by atoms with E-state index in [1.165, 1.54) is 0 Å². The predicted molar refractivity (Wildman–Crippen MR) is 66.4 cm³/mol. The van der Waals surface area contributed by atoms with Crippen molar-refractivity contribution in [1.29, 1.82) is 0 Å². The summed E-state index contributed by atoms with van der Waals surface area (Å²) in [6.07, 6.45) is 1.89. The first-order valence-corrected chi connectivity index (χ1v) is 5.91. The number of nitrogens with zero attached hydrogens (tertiary/aromatic N) is 3. The Kier molecular flexibility index (Phi) is 5.34. The van der Waals surface area contributed by atoms with Gasteiger partial charge in [-0.3, -0.25) is 0 Å². The first kappa shape index (κ1) is 13.1. The highest BCUT2D eigenvalue weighted by molar-refractivity contribution is 7.80. The molecule has 5 nitrogen and oxygen atoms in total. The standard InChI is InChI=1S/C10H18N4OS/c1-3-5-8-9(10(11)16)12-13-14(8)6-7-15-4-2/h3-7H2,1-2H3,(H2,11,16). The van der Waals surface area contributed by atoms with Gasteiger partial charge in [-0.25, -0.2) is 4.68 Å². The summed E-state index contributed by atoms with van der Waals surface area (Å²) >= 11 is 4.94. The molecule has 0 saturated heterocycles. The van der Waals surface area contributed by atoms with Crippen molar-refractivity contribution in [1.82, 2.24) is 15.0 Å². The molecule has 0 aromatic carbocycles. The maximum atomic E-state index is 5.60. The van der Waals surface area contributed by atoms with E-state index in [2.05, 4.69) is 17.2 Å². The zero-order chi connectivity index (χ0) is 12.0. The van der Waals surface area contributed by atoms with Gasteiger partial charge in [0.2, 0.25) is 0 Å². The lowest BCUT2D eigenvalue weighted by Crippen LogP contribution is -2.15. The highest BCUT2D eigenvalue weighted by atomic mass is 32.1. The molecule has 1 aromatic heterocycles. The summed E-state index contributed by atoms with van der Waals surface area (Å²) in [6, 6.07) is 0. The second-order valence-corrected chi connectivity index (χ2v) is 3.86. The monoisotopic (exact) mass is 242 g/mol. The third kappa shape index (κ3) is 3.24. The van der Waals surface area contributed by atoms with Crippen molar-refractivity contribution in [3.8, 4) is 0 Å². The fourth-order valence-corrected chi connectivity index (χ4v) is 1.64. The van der Waals surface area contributed by atoms with Crippen molar-refractivity contribution in [3.63, 3.8) is 0 Å². The molecule has 0 aliphatic heterocycles. The van der Waals surface area contributed by atoms with Crippen LogP contribution in [0.15, 0.2) is 0 Å². The van der Waals surface area contributed by atoms with Crippen LogP contribution in [-0.2, 0) is 17.7 Å².